The van der Waals surface area contributed by atoms with Crippen LogP contribution in [0.5, 0.6) is 0 Å². The standard InChI is InChI=1S/C38H48N8/c1-30-36(33-20-16-31(17-21-33)28-40-24-10-12-26-44(3)4)42-37(43-38(30)46(39-2)35-14-8-7-9-15-35)34-22-18-32(19-23-34)29-41-25-11-13-27-45(5)6/h7-9,14-23,28-29H,2,10-13,24-27H2,1,3-6H3/b40-28-,41-29+. The highest BCUT2D eigenvalue weighted by Gasteiger charge is 2.19. The number of benzene rings is 3. The van der Waals surface area contributed by atoms with Crippen molar-refractivity contribution >= 4 is 30.7 Å². The highest BCUT2D eigenvalue weighted by atomic mass is 15.5. The summed E-state index contributed by atoms with van der Waals surface area (Å²) >= 11 is 0. The van der Waals surface area contributed by atoms with Crippen LogP contribution in [0.15, 0.2) is 93.9 Å². The normalized spacial score (nSPS) is 11.7. The maximum Gasteiger partial charge on any atom is 0.162 e. The van der Waals surface area contributed by atoms with Crippen LogP contribution in [0.3, 0.4) is 0 Å². The third-order valence-electron chi connectivity index (χ3n) is 7.58. The molecular formula is C38H48N8. The minimum atomic E-state index is 0.621. The molecule has 0 saturated carbocycles. The summed E-state index contributed by atoms with van der Waals surface area (Å²) in [4.78, 5) is 23.8. The van der Waals surface area contributed by atoms with Crippen molar-refractivity contribution in [3.8, 4) is 22.6 Å². The molecule has 8 heteroatoms. The van der Waals surface area contributed by atoms with Crippen molar-refractivity contribution in [2.75, 3.05) is 59.4 Å². The zero-order valence-electron chi connectivity index (χ0n) is 28.1. The number of hydrazone groups is 1. The molecule has 0 radical (unpaired) electrons. The van der Waals surface area contributed by atoms with E-state index in [-0.39, 0.29) is 0 Å². The molecule has 0 atom stereocenters. The number of anilines is 2. The van der Waals surface area contributed by atoms with Crippen molar-refractivity contribution in [2.24, 2.45) is 15.1 Å². The fraction of sp³-hybridized carbons (Fsp3) is 0.342. The Labute approximate surface area is 275 Å². The van der Waals surface area contributed by atoms with Gasteiger partial charge in [-0.05, 0) is 97.1 Å². The van der Waals surface area contributed by atoms with Gasteiger partial charge in [0.15, 0.2) is 11.6 Å². The lowest BCUT2D eigenvalue weighted by Crippen LogP contribution is -2.13. The third kappa shape index (κ3) is 10.3. The Kier molecular flexibility index (Phi) is 13.3. The average Bonchev–Trinajstić information content (AvgIpc) is 3.06. The van der Waals surface area contributed by atoms with Crippen LogP contribution in [0.2, 0.25) is 0 Å². The van der Waals surface area contributed by atoms with Gasteiger partial charge in [-0.1, -0.05) is 66.7 Å². The van der Waals surface area contributed by atoms with Gasteiger partial charge in [-0.3, -0.25) is 9.98 Å². The van der Waals surface area contributed by atoms with E-state index in [9.17, 15) is 0 Å². The molecule has 8 nitrogen and oxygen atoms in total. The predicted octanol–water partition coefficient (Wildman–Crippen LogP) is 7.39. The Morgan fingerprint density at radius 3 is 1.67 bits per heavy atom. The van der Waals surface area contributed by atoms with Crippen LogP contribution in [0, 0.1) is 6.92 Å². The average molecular weight is 617 g/mol. The molecular weight excluding hydrogens is 568 g/mol. The molecule has 0 aliphatic heterocycles. The fourth-order valence-electron chi connectivity index (χ4n) is 5.01. The van der Waals surface area contributed by atoms with Gasteiger partial charge in [-0.2, -0.15) is 5.10 Å². The highest BCUT2D eigenvalue weighted by molar-refractivity contribution is 5.83. The maximum atomic E-state index is 5.09. The Balaban J connectivity index is 1.60. The van der Waals surface area contributed by atoms with E-state index in [0.717, 1.165) is 91.1 Å². The Hall–Kier alpha value is -4.53. The van der Waals surface area contributed by atoms with E-state index in [1.165, 1.54) is 0 Å². The summed E-state index contributed by atoms with van der Waals surface area (Å²) in [6, 6.07) is 26.6. The van der Waals surface area contributed by atoms with Gasteiger partial charge in [0.2, 0.25) is 0 Å². The van der Waals surface area contributed by atoms with Crippen LogP contribution >= 0.6 is 0 Å². The van der Waals surface area contributed by atoms with Gasteiger partial charge in [0.1, 0.15) is 0 Å². The molecule has 0 saturated heterocycles. The van der Waals surface area contributed by atoms with Crippen molar-refractivity contribution in [3.63, 3.8) is 0 Å². The summed E-state index contributed by atoms with van der Waals surface area (Å²) < 4.78 is 0. The lowest BCUT2D eigenvalue weighted by molar-refractivity contribution is 0.396. The first kappa shape index (κ1) is 34.3. The largest absolute Gasteiger partial charge is 0.309 e. The molecule has 240 valence electrons. The number of para-hydroxylation sites is 1. The zero-order chi connectivity index (χ0) is 32.7. The lowest BCUT2D eigenvalue weighted by Gasteiger charge is -2.22. The van der Waals surface area contributed by atoms with E-state index in [1.54, 1.807) is 5.01 Å². The summed E-state index contributed by atoms with van der Waals surface area (Å²) in [7, 11) is 8.41. The van der Waals surface area contributed by atoms with Crippen LogP contribution < -0.4 is 5.01 Å². The summed E-state index contributed by atoms with van der Waals surface area (Å²) in [5, 5.41) is 6.15. The Morgan fingerprint density at radius 2 is 1.17 bits per heavy atom. The summed E-state index contributed by atoms with van der Waals surface area (Å²) in [6.07, 6.45) is 8.35. The molecule has 4 aromatic rings. The quantitative estimate of drug-likeness (QED) is 0.0703. The molecule has 0 N–H and O–H groups in total. The SMILES string of the molecule is C=NN(c1ccccc1)c1nc(-c2ccc(/C=N/CCCCN(C)C)cc2)nc(-c2ccc(/C=N\CCCCN(C)C)cc2)c1C. The van der Waals surface area contributed by atoms with Crippen LogP contribution in [-0.4, -0.2) is 93.3 Å². The Bertz CT molecular complexity index is 1560. The van der Waals surface area contributed by atoms with Crippen LogP contribution in [0.4, 0.5) is 11.5 Å². The minimum Gasteiger partial charge on any atom is -0.309 e. The predicted molar refractivity (Wildman–Crippen MR) is 196 cm³/mol. The van der Waals surface area contributed by atoms with Gasteiger partial charge in [0.05, 0.1) is 11.4 Å². The molecule has 3 aromatic carbocycles. The van der Waals surface area contributed by atoms with Crippen molar-refractivity contribution in [1.82, 2.24) is 19.8 Å². The molecule has 1 heterocycles. The van der Waals surface area contributed by atoms with Crippen molar-refractivity contribution in [2.45, 2.75) is 32.6 Å². The highest BCUT2D eigenvalue weighted by Crippen LogP contribution is 2.34. The van der Waals surface area contributed by atoms with Crippen LogP contribution in [-0.2, 0) is 0 Å². The van der Waals surface area contributed by atoms with E-state index in [4.69, 9.17) is 9.97 Å². The van der Waals surface area contributed by atoms with Gasteiger partial charge in [0.25, 0.3) is 0 Å². The van der Waals surface area contributed by atoms with E-state index in [0.29, 0.717) is 11.6 Å². The number of rotatable bonds is 17. The molecule has 0 aliphatic carbocycles. The van der Waals surface area contributed by atoms with E-state index in [1.807, 2.05) is 49.7 Å². The first-order valence-corrected chi connectivity index (χ1v) is 16.1. The molecule has 4 rings (SSSR count). The molecule has 0 unspecified atom stereocenters. The Morgan fingerprint density at radius 1 is 0.652 bits per heavy atom. The first-order chi connectivity index (χ1) is 22.4. The summed E-state index contributed by atoms with van der Waals surface area (Å²) in [6.45, 7) is 9.75. The van der Waals surface area contributed by atoms with Crippen LogP contribution in [0.1, 0.15) is 42.4 Å². The summed E-state index contributed by atoms with van der Waals surface area (Å²) in [5.74, 6) is 1.31. The number of aromatic nitrogens is 2. The van der Waals surface area contributed by atoms with Gasteiger partial charge < -0.3 is 9.80 Å². The third-order valence-corrected chi connectivity index (χ3v) is 7.58. The number of hydrogen-bond donors (Lipinski definition) is 0. The summed E-state index contributed by atoms with van der Waals surface area (Å²) in [5.41, 5.74) is 6.68. The van der Waals surface area contributed by atoms with Crippen molar-refractivity contribution < 1.29 is 0 Å². The number of unbranched alkanes of at least 4 members (excludes halogenated alkanes) is 2. The van der Waals surface area contributed by atoms with Crippen LogP contribution in [0.25, 0.3) is 22.6 Å². The van der Waals surface area contributed by atoms with E-state index >= 15 is 0 Å². The number of aliphatic imine (C=N–C) groups is 2. The molecule has 1 aromatic heterocycles. The smallest absolute Gasteiger partial charge is 0.162 e. The van der Waals surface area contributed by atoms with Gasteiger partial charge in [-0.25, -0.2) is 15.0 Å². The van der Waals surface area contributed by atoms with Gasteiger partial charge >= 0.3 is 0 Å². The lowest BCUT2D eigenvalue weighted by atomic mass is 10.0. The molecule has 0 amide bonds. The van der Waals surface area contributed by atoms with E-state index in [2.05, 4.69) is 108 Å². The number of nitrogens with zero attached hydrogens (tertiary/aromatic N) is 8. The van der Waals surface area contributed by atoms with Crippen molar-refractivity contribution in [1.29, 1.82) is 0 Å². The van der Waals surface area contributed by atoms with E-state index < -0.39 is 0 Å². The first-order valence-electron chi connectivity index (χ1n) is 16.1. The monoisotopic (exact) mass is 616 g/mol. The molecule has 46 heavy (non-hydrogen) atoms. The minimum absolute atomic E-state index is 0.621. The van der Waals surface area contributed by atoms with Gasteiger partial charge in [-0.15, -0.1) is 0 Å². The van der Waals surface area contributed by atoms with Gasteiger partial charge in [0, 0.05) is 48.9 Å². The second-order valence-electron chi connectivity index (χ2n) is 12.0. The molecule has 0 spiro atoms. The maximum absolute atomic E-state index is 5.09. The molecule has 0 bridgehead atoms. The molecule has 0 aliphatic rings. The fourth-order valence-corrected chi connectivity index (χ4v) is 5.01. The second-order valence-corrected chi connectivity index (χ2v) is 12.0. The second kappa shape index (κ2) is 17.8. The number of hydrogen-bond acceptors (Lipinski definition) is 8. The topological polar surface area (TPSA) is 72.6 Å². The van der Waals surface area contributed by atoms with Crippen molar-refractivity contribution in [3.05, 3.63) is 95.6 Å². The molecule has 0 fully saturated rings. The zero-order valence-corrected chi connectivity index (χ0v) is 28.1.